The third-order valence-corrected chi connectivity index (χ3v) is 14.5. The monoisotopic (exact) mass is 870 g/mol. The van der Waals surface area contributed by atoms with Crippen molar-refractivity contribution in [1.29, 1.82) is 0 Å². The van der Waals surface area contributed by atoms with Gasteiger partial charge in [0.2, 0.25) is 0 Å². The van der Waals surface area contributed by atoms with Crippen LogP contribution in [0.25, 0.3) is 77.2 Å². The van der Waals surface area contributed by atoms with Gasteiger partial charge in [-0.2, -0.15) is 0 Å². The molecule has 0 atom stereocenters. The van der Waals surface area contributed by atoms with Gasteiger partial charge in [-0.15, -0.1) is 0 Å². The first-order valence-electron chi connectivity index (χ1n) is 23.3. The Morgan fingerprint density at radius 3 is 1.94 bits per heavy atom. The second-order valence-electron chi connectivity index (χ2n) is 18.0. The highest BCUT2D eigenvalue weighted by molar-refractivity contribution is 6.12. The van der Waals surface area contributed by atoms with Crippen molar-refractivity contribution < 1.29 is 9.15 Å². The third kappa shape index (κ3) is 5.31. The van der Waals surface area contributed by atoms with Gasteiger partial charge in [-0.05, 0) is 106 Å². The fourth-order valence-electron chi connectivity index (χ4n) is 11.8. The largest absolute Gasteiger partial charge is 0.461 e. The number of allylic oxidation sites excluding steroid dienone is 2. The van der Waals surface area contributed by atoms with Crippen LogP contribution < -0.4 is 9.64 Å². The van der Waals surface area contributed by atoms with E-state index in [0.717, 1.165) is 78.7 Å². The van der Waals surface area contributed by atoms with E-state index in [1.54, 1.807) is 6.08 Å². The van der Waals surface area contributed by atoms with Gasteiger partial charge >= 0.3 is 0 Å². The number of benzene rings is 10. The summed E-state index contributed by atoms with van der Waals surface area (Å²) < 4.78 is 15.8. The van der Waals surface area contributed by atoms with E-state index in [4.69, 9.17) is 9.15 Å². The smallest absolute Gasteiger partial charge is 0.136 e. The van der Waals surface area contributed by atoms with Crippen molar-refractivity contribution in [2.24, 2.45) is 0 Å². The van der Waals surface area contributed by atoms with Crippen LogP contribution in [0.15, 0.2) is 229 Å². The topological polar surface area (TPSA) is 30.5 Å². The zero-order valence-corrected chi connectivity index (χ0v) is 37.3. The summed E-state index contributed by atoms with van der Waals surface area (Å²) in [6.45, 7) is 5.96. The highest BCUT2D eigenvalue weighted by atomic mass is 16.5. The van der Waals surface area contributed by atoms with Gasteiger partial charge in [-0.1, -0.05) is 164 Å². The fourth-order valence-corrected chi connectivity index (χ4v) is 11.8. The molecule has 10 aromatic carbocycles. The Balaban J connectivity index is 1.08. The molecule has 2 aromatic heterocycles. The highest BCUT2D eigenvalue weighted by Crippen LogP contribution is 2.62. The average Bonchev–Trinajstić information content (AvgIpc) is 3.89. The minimum atomic E-state index is -0.699. The van der Waals surface area contributed by atoms with E-state index in [9.17, 15) is 0 Å². The van der Waals surface area contributed by atoms with Crippen molar-refractivity contribution in [2.45, 2.75) is 12.3 Å². The normalized spacial score (nSPS) is 13.3. The van der Waals surface area contributed by atoms with Crippen LogP contribution in [-0.2, 0) is 5.41 Å². The Hall–Kier alpha value is -8.86. The molecule has 0 saturated carbocycles. The molecule has 0 radical (unpaired) electrons. The van der Waals surface area contributed by atoms with Gasteiger partial charge in [-0.25, -0.2) is 0 Å². The molecule has 320 valence electrons. The zero-order valence-electron chi connectivity index (χ0n) is 37.3. The lowest BCUT2D eigenvalue weighted by molar-refractivity contribution is 0.435. The number of fused-ring (bicyclic) bond motifs is 13. The summed E-state index contributed by atoms with van der Waals surface area (Å²) in [6.07, 6.45) is 5.85. The lowest BCUT2D eigenvalue weighted by Gasteiger charge is -2.45. The lowest BCUT2D eigenvalue weighted by atomic mass is 9.58. The molecule has 4 heteroatoms. The first kappa shape index (κ1) is 38.4. The highest BCUT2D eigenvalue weighted by Gasteiger charge is 2.49. The molecule has 3 heterocycles. The van der Waals surface area contributed by atoms with Gasteiger partial charge in [0.15, 0.2) is 0 Å². The number of hydrogen-bond acceptors (Lipinski definition) is 3. The van der Waals surface area contributed by atoms with E-state index in [0.29, 0.717) is 0 Å². The fraction of sp³-hybridized carbons (Fsp3) is 0.0312. The second kappa shape index (κ2) is 14.6. The van der Waals surface area contributed by atoms with Crippen LogP contribution in [0, 0.1) is 6.92 Å². The summed E-state index contributed by atoms with van der Waals surface area (Å²) in [5.74, 6) is 2.59. The van der Waals surface area contributed by atoms with Crippen molar-refractivity contribution >= 4 is 77.5 Å². The molecule has 1 aliphatic heterocycles. The van der Waals surface area contributed by atoms with Crippen molar-refractivity contribution in [3.8, 4) is 28.3 Å². The molecule has 0 fully saturated rings. The van der Waals surface area contributed by atoms with Crippen LogP contribution in [0.5, 0.6) is 11.5 Å². The molecule has 4 nitrogen and oxygen atoms in total. The second-order valence-corrected chi connectivity index (χ2v) is 18.0. The number of para-hydroxylation sites is 3. The first-order valence-corrected chi connectivity index (χ1v) is 23.3. The number of aromatic nitrogens is 1. The number of nitrogens with zero attached hydrogens (tertiary/aromatic N) is 2. The van der Waals surface area contributed by atoms with Crippen LogP contribution in [0.2, 0.25) is 0 Å². The van der Waals surface area contributed by atoms with E-state index in [2.05, 4.69) is 228 Å². The van der Waals surface area contributed by atoms with Crippen LogP contribution in [-0.4, -0.2) is 4.57 Å². The summed E-state index contributed by atoms with van der Waals surface area (Å²) in [5, 5.41) is 8.35. The van der Waals surface area contributed by atoms with Crippen molar-refractivity contribution in [3.63, 3.8) is 0 Å². The zero-order chi connectivity index (χ0) is 45.1. The average molecular weight is 871 g/mol. The number of hydrogen-bond donors (Lipinski definition) is 0. The predicted molar refractivity (Wildman–Crippen MR) is 282 cm³/mol. The molecule has 0 saturated heterocycles. The summed E-state index contributed by atoms with van der Waals surface area (Å²) in [7, 11) is 0. The number of aryl methyl sites for hydroxylation is 1. The molecular formula is C64H42N2O2. The molecule has 1 aliphatic carbocycles. The lowest BCUT2D eigenvalue weighted by Crippen LogP contribution is -2.36. The summed E-state index contributed by atoms with van der Waals surface area (Å²) in [4.78, 5) is 2.41. The van der Waals surface area contributed by atoms with Gasteiger partial charge in [0, 0.05) is 61.4 Å². The van der Waals surface area contributed by atoms with Crippen LogP contribution in [0.4, 0.5) is 17.1 Å². The SMILES string of the molecule is C=C/C=C\c1c(C)oc2cc(N(c3ccc4c(c3)C3(c5ccccc5Oc5ccccc53)c3cccc5cccc-4c35)c3ccc4c5ccccc5n(-c5cccc6ccccc56)c4c3)ccc12. The molecule has 14 rings (SSSR count). The summed E-state index contributed by atoms with van der Waals surface area (Å²) in [5.41, 5.74) is 14.8. The Morgan fingerprint density at radius 1 is 0.500 bits per heavy atom. The molecule has 68 heavy (non-hydrogen) atoms. The Kier molecular flexibility index (Phi) is 8.23. The van der Waals surface area contributed by atoms with Crippen LogP contribution >= 0.6 is 0 Å². The number of anilines is 3. The van der Waals surface area contributed by atoms with Gasteiger partial charge < -0.3 is 18.6 Å². The molecule has 12 aromatic rings. The van der Waals surface area contributed by atoms with E-state index in [-0.39, 0.29) is 0 Å². The van der Waals surface area contributed by atoms with E-state index >= 15 is 0 Å². The summed E-state index contributed by atoms with van der Waals surface area (Å²) in [6, 6.07) is 75.5. The van der Waals surface area contributed by atoms with Crippen molar-refractivity contribution in [1.82, 2.24) is 4.57 Å². The van der Waals surface area contributed by atoms with Crippen molar-refractivity contribution in [2.75, 3.05) is 4.90 Å². The molecule has 0 N–H and O–H groups in total. The van der Waals surface area contributed by atoms with E-state index in [1.165, 1.54) is 54.6 Å². The van der Waals surface area contributed by atoms with Gasteiger partial charge in [0.05, 0.1) is 22.1 Å². The molecule has 0 amide bonds. The van der Waals surface area contributed by atoms with Gasteiger partial charge in [-0.3, -0.25) is 0 Å². The van der Waals surface area contributed by atoms with Crippen LogP contribution in [0.1, 0.15) is 33.6 Å². The number of ether oxygens (including phenoxy) is 1. The third-order valence-electron chi connectivity index (χ3n) is 14.5. The maximum Gasteiger partial charge on any atom is 0.136 e. The van der Waals surface area contributed by atoms with Crippen molar-refractivity contribution in [3.05, 3.63) is 259 Å². The minimum absolute atomic E-state index is 0.699. The van der Waals surface area contributed by atoms with Gasteiger partial charge in [0.1, 0.15) is 22.8 Å². The molecule has 2 aliphatic rings. The predicted octanol–water partition coefficient (Wildman–Crippen LogP) is 17.3. The maximum absolute atomic E-state index is 6.80. The molecule has 0 unspecified atom stereocenters. The Bertz CT molecular complexity index is 4070. The molecular weight excluding hydrogens is 829 g/mol. The minimum Gasteiger partial charge on any atom is -0.461 e. The first-order chi connectivity index (χ1) is 33.6. The molecule has 0 bridgehead atoms. The Labute approximate surface area is 393 Å². The van der Waals surface area contributed by atoms with Gasteiger partial charge in [0.25, 0.3) is 0 Å². The van der Waals surface area contributed by atoms with E-state index < -0.39 is 5.41 Å². The summed E-state index contributed by atoms with van der Waals surface area (Å²) >= 11 is 0. The molecule has 1 spiro atoms. The number of rotatable bonds is 6. The Morgan fingerprint density at radius 2 is 1.12 bits per heavy atom. The quantitative estimate of drug-likeness (QED) is 0.156. The maximum atomic E-state index is 6.80. The number of furan rings is 1. The van der Waals surface area contributed by atoms with Crippen LogP contribution in [0.3, 0.4) is 0 Å². The van der Waals surface area contributed by atoms with E-state index in [1.807, 2.05) is 13.0 Å². The standard InChI is InChI=1S/C64H42N2O2/c1-3-4-20-46-40(2)67-62-39-45(33-36-51(46)62)65(44-32-35-50-49-22-7-10-27-58(49)66(59(50)38-44)57-28-15-17-41-16-5-6-21-47(41)57)43-31-34-48-52-23-13-18-42-19-14-26-55(63(42)52)64(56(48)37-43)53-24-8-11-29-60(53)68-61-30-12-9-25-54(61)64/h3-39H,1H2,2H3/b20-4-.